The van der Waals surface area contributed by atoms with E-state index in [1.54, 1.807) is 6.34 Å². The highest BCUT2D eigenvalue weighted by molar-refractivity contribution is 7.00. The maximum Gasteiger partial charge on any atom is 0.130 e. The van der Waals surface area contributed by atoms with Crippen LogP contribution in [0, 0.1) is 6.92 Å². The molecule has 0 atom stereocenters. The van der Waals surface area contributed by atoms with Crippen molar-refractivity contribution in [3.63, 3.8) is 0 Å². The van der Waals surface area contributed by atoms with Crippen LogP contribution in [0.15, 0.2) is 17.1 Å². The van der Waals surface area contributed by atoms with Crippen LogP contribution in [0.25, 0.3) is 11.0 Å². The molecule has 5 heteroatoms. The highest BCUT2D eigenvalue weighted by Crippen LogP contribution is 2.27. The summed E-state index contributed by atoms with van der Waals surface area (Å²) in [6.07, 6.45) is 1.78. The van der Waals surface area contributed by atoms with E-state index in [9.17, 15) is 0 Å². The van der Waals surface area contributed by atoms with Crippen molar-refractivity contribution >= 4 is 34.8 Å². The molecule has 0 unspecified atom stereocenters. The lowest BCUT2D eigenvalue weighted by Gasteiger charge is -2.04. The lowest BCUT2D eigenvalue weighted by Crippen LogP contribution is -2.07. The fourth-order valence-electron chi connectivity index (χ4n) is 1.27. The van der Waals surface area contributed by atoms with Gasteiger partial charge in [-0.25, -0.2) is 4.99 Å². The van der Waals surface area contributed by atoms with E-state index in [1.807, 2.05) is 38.1 Å². The second-order valence-corrected chi connectivity index (χ2v) is 4.10. The van der Waals surface area contributed by atoms with Crippen LogP contribution in [-0.2, 0) is 0 Å². The first-order chi connectivity index (χ1) is 7.18. The maximum absolute atomic E-state index is 4.41. The van der Waals surface area contributed by atoms with Crippen molar-refractivity contribution in [2.24, 2.45) is 4.99 Å². The molecule has 1 aromatic carbocycles. The lowest BCUT2D eigenvalue weighted by atomic mass is 10.2. The van der Waals surface area contributed by atoms with Crippen LogP contribution >= 0.6 is 11.7 Å². The highest BCUT2D eigenvalue weighted by Gasteiger charge is 2.06. The lowest BCUT2D eigenvalue weighted by molar-refractivity contribution is 0.643. The summed E-state index contributed by atoms with van der Waals surface area (Å²) in [7, 11) is 3.89. The highest BCUT2D eigenvalue weighted by atomic mass is 32.1. The van der Waals surface area contributed by atoms with Crippen molar-refractivity contribution < 1.29 is 0 Å². The summed E-state index contributed by atoms with van der Waals surface area (Å²) in [6.45, 7) is 2.03. The van der Waals surface area contributed by atoms with E-state index >= 15 is 0 Å². The van der Waals surface area contributed by atoms with Gasteiger partial charge in [0.2, 0.25) is 0 Å². The van der Waals surface area contributed by atoms with Gasteiger partial charge < -0.3 is 4.90 Å². The molecule has 2 aromatic rings. The Balaban J connectivity index is 2.56. The molecule has 0 aliphatic carbocycles. The number of hydrogen-bond donors (Lipinski definition) is 0. The van der Waals surface area contributed by atoms with Crippen LogP contribution < -0.4 is 0 Å². The molecule has 0 spiro atoms. The van der Waals surface area contributed by atoms with E-state index in [1.165, 1.54) is 11.7 Å². The molecule has 1 aromatic heterocycles. The third-order valence-corrected chi connectivity index (χ3v) is 2.56. The summed E-state index contributed by atoms with van der Waals surface area (Å²) in [5, 5.41) is 0. The molecule has 0 radical (unpaired) electrons. The Bertz CT molecular complexity index is 501. The molecule has 0 aliphatic heterocycles. The number of fused-ring (bicyclic) bond motifs is 1. The Kier molecular flexibility index (Phi) is 2.64. The van der Waals surface area contributed by atoms with Gasteiger partial charge in [-0.3, -0.25) is 0 Å². The molecule has 1 heterocycles. The molecule has 78 valence electrons. The molecule has 4 nitrogen and oxygen atoms in total. The summed E-state index contributed by atoms with van der Waals surface area (Å²) in [5.41, 5.74) is 3.83. The number of hydrogen-bond acceptors (Lipinski definition) is 4. The van der Waals surface area contributed by atoms with E-state index in [0.717, 1.165) is 22.3 Å². The predicted octanol–water partition coefficient (Wildman–Crippen LogP) is 2.22. The Labute approximate surface area is 92.6 Å². The van der Waals surface area contributed by atoms with Gasteiger partial charge in [-0.2, -0.15) is 8.75 Å². The average molecular weight is 220 g/mol. The predicted molar refractivity (Wildman–Crippen MR) is 64.0 cm³/mol. The first-order valence-electron chi connectivity index (χ1n) is 4.61. The zero-order valence-corrected chi connectivity index (χ0v) is 9.75. The molecule has 0 bridgehead atoms. The minimum atomic E-state index is 0.887. The molecule has 0 fully saturated rings. The van der Waals surface area contributed by atoms with Crippen LogP contribution in [0.5, 0.6) is 0 Å². The third kappa shape index (κ3) is 1.97. The molecule has 0 aliphatic rings. The second-order valence-electron chi connectivity index (χ2n) is 3.57. The number of aromatic nitrogens is 2. The SMILES string of the molecule is Cc1ccc2nsnc2c1N=CN(C)C. The molecule has 0 N–H and O–H groups in total. The van der Waals surface area contributed by atoms with E-state index in [-0.39, 0.29) is 0 Å². The number of benzene rings is 1. The summed E-state index contributed by atoms with van der Waals surface area (Å²) in [6, 6.07) is 3.99. The molecular formula is C10H12N4S. The van der Waals surface area contributed by atoms with Gasteiger partial charge >= 0.3 is 0 Å². The number of nitrogens with zero attached hydrogens (tertiary/aromatic N) is 4. The fraction of sp³-hybridized carbons (Fsp3) is 0.300. The average Bonchev–Trinajstić information content (AvgIpc) is 2.63. The largest absolute Gasteiger partial charge is 0.369 e. The molecular weight excluding hydrogens is 208 g/mol. The van der Waals surface area contributed by atoms with Crippen molar-refractivity contribution in [2.75, 3.05) is 14.1 Å². The Morgan fingerprint density at radius 2 is 2.13 bits per heavy atom. The van der Waals surface area contributed by atoms with Gasteiger partial charge in [-0.1, -0.05) is 6.07 Å². The quantitative estimate of drug-likeness (QED) is 0.575. The van der Waals surface area contributed by atoms with Gasteiger partial charge in [0.15, 0.2) is 0 Å². The normalized spacial score (nSPS) is 11.4. The standard InChI is InChI=1S/C10H12N4S/c1-7-4-5-8-10(13-15-12-8)9(7)11-6-14(2)3/h4-6H,1-3H3. The zero-order valence-electron chi connectivity index (χ0n) is 8.93. The minimum Gasteiger partial charge on any atom is -0.369 e. The van der Waals surface area contributed by atoms with Crippen molar-refractivity contribution in [1.29, 1.82) is 0 Å². The Morgan fingerprint density at radius 3 is 2.87 bits per heavy atom. The molecule has 0 saturated heterocycles. The van der Waals surface area contributed by atoms with E-state index < -0.39 is 0 Å². The number of aliphatic imine (C=N–C) groups is 1. The van der Waals surface area contributed by atoms with Gasteiger partial charge in [0.05, 0.1) is 23.8 Å². The van der Waals surface area contributed by atoms with Crippen molar-refractivity contribution in [3.8, 4) is 0 Å². The van der Waals surface area contributed by atoms with Crippen LogP contribution in [0.3, 0.4) is 0 Å². The van der Waals surface area contributed by atoms with Gasteiger partial charge in [0.25, 0.3) is 0 Å². The van der Waals surface area contributed by atoms with Crippen molar-refractivity contribution in [1.82, 2.24) is 13.6 Å². The Morgan fingerprint density at radius 1 is 1.33 bits per heavy atom. The Hall–Kier alpha value is -1.49. The summed E-state index contributed by atoms with van der Waals surface area (Å²) in [5.74, 6) is 0. The minimum absolute atomic E-state index is 0.887. The summed E-state index contributed by atoms with van der Waals surface area (Å²) >= 11 is 1.22. The maximum atomic E-state index is 4.41. The van der Waals surface area contributed by atoms with E-state index in [2.05, 4.69) is 13.7 Å². The monoisotopic (exact) mass is 220 g/mol. The van der Waals surface area contributed by atoms with Gasteiger partial charge in [-0.15, -0.1) is 0 Å². The van der Waals surface area contributed by atoms with Crippen LogP contribution in [0.2, 0.25) is 0 Å². The van der Waals surface area contributed by atoms with Gasteiger partial charge in [0.1, 0.15) is 11.0 Å². The van der Waals surface area contributed by atoms with Crippen molar-refractivity contribution in [2.45, 2.75) is 6.92 Å². The van der Waals surface area contributed by atoms with Crippen LogP contribution in [0.1, 0.15) is 5.56 Å². The topological polar surface area (TPSA) is 41.4 Å². The third-order valence-electron chi connectivity index (χ3n) is 2.02. The molecule has 15 heavy (non-hydrogen) atoms. The molecule has 0 amide bonds. The first kappa shape index (κ1) is 10.0. The smallest absolute Gasteiger partial charge is 0.130 e. The van der Waals surface area contributed by atoms with Crippen molar-refractivity contribution in [3.05, 3.63) is 17.7 Å². The van der Waals surface area contributed by atoms with Gasteiger partial charge in [-0.05, 0) is 18.6 Å². The first-order valence-corrected chi connectivity index (χ1v) is 5.34. The van der Waals surface area contributed by atoms with Crippen LogP contribution in [0.4, 0.5) is 5.69 Å². The van der Waals surface area contributed by atoms with E-state index in [4.69, 9.17) is 0 Å². The summed E-state index contributed by atoms with van der Waals surface area (Å²) < 4.78 is 8.45. The van der Waals surface area contributed by atoms with Gasteiger partial charge in [0, 0.05) is 14.1 Å². The molecule has 2 rings (SSSR count). The fourth-order valence-corrected chi connectivity index (χ4v) is 1.81. The molecule has 0 saturated carbocycles. The van der Waals surface area contributed by atoms with E-state index in [0.29, 0.717) is 0 Å². The zero-order chi connectivity index (χ0) is 10.8. The summed E-state index contributed by atoms with van der Waals surface area (Å²) in [4.78, 5) is 6.31. The second kappa shape index (κ2) is 3.94. The number of aryl methyl sites for hydroxylation is 1. The van der Waals surface area contributed by atoms with Crippen LogP contribution in [-0.4, -0.2) is 34.1 Å². The number of rotatable bonds is 2.